The Hall–Kier alpha value is -2.29. The van der Waals surface area contributed by atoms with Crippen LogP contribution in [-0.2, 0) is 13.0 Å². The number of fused-ring (bicyclic) bond motifs is 1. The van der Waals surface area contributed by atoms with E-state index in [4.69, 9.17) is 4.74 Å². The molecule has 0 aliphatic carbocycles. The molecule has 0 bridgehead atoms. The number of hydrogen-bond acceptors (Lipinski definition) is 3. The number of ether oxygens (including phenoxy) is 1. The molecule has 1 aromatic carbocycles. The molecule has 0 amide bonds. The normalized spacial score (nSPS) is 11.1. The molecule has 2 aromatic heterocycles. The number of aromatic nitrogens is 2. The van der Waals surface area contributed by atoms with Gasteiger partial charge in [0, 0.05) is 36.8 Å². The number of pyridine rings is 1. The van der Waals surface area contributed by atoms with E-state index in [-0.39, 0.29) is 24.0 Å². The standard InChI is InChI=1S/C20H25N5O.HI/c1-14-7-8-17-15(12-23-18(17)11-14)9-10-22-20(21-2)24-13-16-5-4-6-19(25-16)26-3;/h4-8,11-12,23H,9-10,13H2,1-3H3,(H2,21,22,24);1H. The molecule has 144 valence electrons. The molecule has 0 aliphatic heterocycles. The van der Waals surface area contributed by atoms with Gasteiger partial charge in [-0.15, -0.1) is 24.0 Å². The first-order valence-electron chi connectivity index (χ1n) is 8.70. The average Bonchev–Trinajstić information content (AvgIpc) is 3.06. The fourth-order valence-corrected chi connectivity index (χ4v) is 2.89. The van der Waals surface area contributed by atoms with Gasteiger partial charge in [-0.25, -0.2) is 4.98 Å². The first-order valence-corrected chi connectivity index (χ1v) is 8.70. The van der Waals surface area contributed by atoms with Gasteiger partial charge in [-0.3, -0.25) is 4.99 Å². The van der Waals surface area contributed by atoms with Crippen molar-refractivity contribution in [1.29, 1.82) is 0 Å². The van der Waals surface area contributed by atoms with Crippen LogP contribution in [-0.4, -0.2) is 36.6 Å². The molecule has 3 rings (SSSR count). The number of H-pyrrole nitrogens is 1. The maximum Gasteiger partial charge on any atom is 0.213 e. The molecule has 0 unspecified atom stereocenters. The first-order chi connectivity index (χ1) is 12.7. The second kappa shape index (κ2) is 10.1. The maximum atomic E-state index is 5.15. The number of nitrogens with zero attached hydrogens (tertiary/aromatic N) is 2. The molecule has 0 saturated heterocycles. The van der Waals surface area contributed by atoms with Crippen molar-refractivity contribution < 1.29 is 4.74 Å². The minimum Gasteiger partial charge on any atom is -0.481 e. The lowest BCUT2D eigenvalue weighted by Crippen LogP contribution is -2.38. The van der Waals surface area contributed by atoms with Gasteiger partial charge in [0.15, 0.2) is 5.96 Å². The highest BCUT2D eigenvalue weighted by molar-refractivity contribution is 14.0. The smallest absolute Gasteiger partial charge is 0.213 e. The molecule has 0 atom stereocenters. The predicted octanol–water partition coefficient (Wildman–Crippen LogP) is 3.41. The van der Waals surface area contributed by atoms with Crippen LogP contribution in [0.5, 0.6) is 5.88 Å². The third-order valence-corrected chi connectivity index (χ3v) is 4.26. The van der Waals surface area contributed by atoms with Crippen molar-refractivity contribution in [3.8, 4) is 5.88 Å². The summed E-state index contributed by atoms with van der Waals surface area (Å²) in [5, 5.41) is 7.90. The topological polar surface area (TPSA) is 74.3 Å². The van der Waals surface area contributed by atoms with E-state index in [1.807, 2.05) is 18.2 Å². The van der Waals surface area contributed by atoms with Gasteiger partial charge >= 0.3 is 0 Å². The summed E-state index contributed by atoms with van der Waals surface area (Å²) in [6, 6.07) is 12.2. The molecule has 3 aromatic rings. The van der Waals surface area contributed by atoms with Gasteiger partial charge in [-0.2, -0.15) is 0 Å². The molecule has 3 N–H and O–H groups in total. The Balaban J connectivity index is 0.00000261. The number of hydrogen-bond donors (Lipinski definition) is 3. The molecule has 2 heterocycles. The average molecular weight is 479 g/mol. The lowest BCUT2D eigenvalue weighted by molar-refractivity contribution is 0.396. The number of guanidine groups is 1. The van der Waals surface area contributed by atoms with Gasteiger partial charge in [-0.05, 0) is 36.6 Å². The van der Waals surface area contributed by atoms with Gasteiger partial charge in [0.25, 0.3) is 0 Å². The van der Waals surface area contributed by atoms with E-state index in [2.05, 4.69) is 56.9 Å². The van der Waals surface area contributed by atoms with Crippen LogP contribution >= 0.6 is 24.0 Å². The zero-order valence-electron chi connectivity index (χ0n) is 15.9. The van der Waals surface area contributed by atoms with Crippen molar-refractivity contribution in [1.82, 2.24) is 20.6 Å². The molecular formula is C20H26IN5O. The summed E-state index contributed by atoms with van der Waals surface area (Å²) in [6.45, 7) is 3.49. The Morgan fingerprint density at radius 2 is 2.07 bits per heavy atom. The third-order valence-electron chi connectivity index (χ3n) is 4.26. The van der Waals surface area contributed by atoms with Gasteiger partial charge in [0.1, 0.15) is 0 Å². The van der Waals surface area contributed by atoms with Crippen LogP contribution in [0.25, 0.3) is 10.9 Å². The van der Waals surface area contributed by atoms with E-state index in [1.54, 1.807) is 14.2 Å². The predicted molar refractivity (Wildman–Crippen MR) is 121 cm³/mol. The molecular weight excluding hydrogens is 453 g/mol. The van der Waals surface area contributed by atoms with Crippen LogP contribution in [0, 0.1) is 6.92 Å². The summed E-state index contributed by atoms with van der Waals surface area (Å²) in [6.07, 6.45) is 3.00. The summed E-state index contributed by atoms with van der Waals surface area (Å²) in [5.74, 6) is 1.37. The van der Waals surface area contributed by atoms with E-state index in [0.717, 1.165) is 24.6 Å². The Morgan fingerprint density at radius 3 is 2.85 bits per heavy atom. The number of rotatable bonds is 6. The molecule has 6 nitrogen and oxygen atoms in total. The highest BCUT2D eigenvalue weighted by atomic mass is 127. The van der Waals surface area contributed by atoms with Crippen LogP contribution < -0.4 is 15.4 Å². The van der Waals surface area contributed by atoms with E-state index < -0.39 is 0 Å². The van der Waals surface area contributed by atoms with Gasteiger partial charge in [0.2, 0.25) is 5.88 Å². The highest BCUT2D eigenvalue weighted by Crippen LogP contribution is 2.19. The first kappa shape index (κ1) is 21.0. The summed E-state index contributed by atoms with van der Waals surface area (Å²) in [7, 11) is 3.38. The largest absolute Gasteiger partial charge is 0.481 e. The van der Waals surface area contributed by atoms with Crippen molar-refractivity contribution in [3.63, 3.8) is 0 Å². The lowest BCUT2D eigenvalue weighted by atomic mass is 10.1. The number of halogens is 1. The van der Waals surface area contributed by atoms with Crippen LogP contribution in [0.4, 0.5) is 0 Å². The van der Waals surface area contributed by atoms with Crippen molar-refractivity contribution >= 4 is 40.8 Å². The maximum absolute atomic E-state index is 5.15. The quantitative estimate of drug-likeness (QED) is 0.288. The molecule has 7 heteroatoms. The van der Waals surface area contributed by atoms with Gasteiger partial charge in [-0.1, -0.05) is 18.2 Å². The van der Waals surface area contributed by atoms with Crippen LogP contribution in [0.15, 0.2) is 47.6 Å². The summed E-state index contributed by atoms with van der Waals surface area (Å²) >= 11 is 0. The van der Waals surface area contributed by atoms with Crippen molar-refractivity contribution in [2.45, 2.75) is 19.9 Å². The van der Waals surface area contributed by atoms with Gasteiger partial charge in [0.05, 0.1) is 19.3 Å². The van der Waals surface area contributed by atoms with Crippen LogP contribution in [0.3, 0.4) is 0 Å². The number of aryl methyl sites for hydroxylation is 1. The summed E-state index contributed by atoms with van der Waals surface area (Å²) < 4.78 is 5.15. The van der Waals surface area contributed by atoms with E-state index in [0.29, 0.717) is 12.4 Å². The molecule has 0 fully saturated rings. The minimum absolute atomic E-state index is 0. The van der Waals surface area contributed by atoms with Crippen LogP contribution in [0.1, 0.15) is 16.8 Å². The second-order valence-corrected chi connectivity index (χ2v) is 6.14. The monoisotopic (exact) mass is 479 g/mol. The molecule has 27 heavy (non-hydrogen) atoms. The van der Waals surface area contributed by atoms with Gasteiger partial charge < -0.3 is 20.4 Å². The number of benzene rings is 1. The molecule has 0 saturated carbocycles. The van der Waals surface area contributed by atoms with Crippen LogP contribution in [0.2, 0.25) is 0 Å². The summed E-state index contributed by atoms with van der Waals surface area (Å²) in [5.41, 5.74) is 4.66. The van der Waals surface area contributed by atoms with Crippen molar-refractivity contribution in [2.24, 2.45) is 4.99 Å². The van der Waals surface area contributed by atoms with E-state index in [9.17, 15) is 0 Å². The molecule has 0 spiro atoms. The summed E-state index contributed by atoms with van der Waals surface area (Å²) in [4.78, 5) is 12.0. The lowest BCUT2D eigenvalue weighted by Gasteiger charge is -2.12. The zero-order chi connectivity index (χ0) is 18.4. The fraction of sp³-hybridized carbons (Fsp3) is 0.300. The highest BCUT2D eigenvalue weighted by Gasteiger charge is 2.05. The number of aliphatic imine (C=N–C) groups is 1. The Morgan fingerprint density at radius 1 is 1.22 bits per heavy atom. The fourth-order valence-electron chi connectivity index (χ4n) is 2.89. The Kier molecular flexibility index (Phi) is 7.90. The Labute approximate surface area is 176 Å². The number of nitrogens with one attached hydrogen (secondary N) is 3. The van der Waals surface area contributed by atoms with E-state index >= 15 is 0 Å². The molecule has 0 aliphatic rings. The van der Waals surface area contributed by atoms with Crippen molar-refractivity contribution in [3.05, 3.63) is 59.4 Å². The second-order valence-electron chi connectivity index (χ2n) is 6.14. The SMILES string of the molecule is CN=C(NCCc1c[nH]c2cc(C)ccc12)NCc1cccc(OC)n1.I. The number of aromatic amines is 1. The zero-order valence-corrected chi connectivity index (χ0v) is 18.2. The minimum atomic E-state index is 0. The third kappa shape index (κ3) is 5.59. The molecule has 0 radical (unpaired) electrons. The Bertz CT molecular complexity index is 906. The van der Waals surface area contributed by atoms with E-state index in [1.165, 1.54) is 22.0 Å². The van der Waals surface area contributed by atoms with Crippen molar-refractivity contribution in [2.75, 3.05) is 20.7 Å². The number of methoxy groups -OCH3 is 1.